The third-order valence-corrected chi connectivity index (χ3v) is 4.57. The normalized spacial score (nSPS) is 45.1. The first-order chi connectivity index (χ1) is 6.18. The standard InChI is InChI=1S/C10H15NO2/c12-8(13)7-4-10(6-11-7)5-9(10)2-1-3-9/h7,11H,1-6H2,(H,12,13)/t7-,10+/m0/s1. The Morgan fingerprint density at radius 2 is 2.15 bits per heavy atom. The SMILES string of the molecule is O=C(O)[C@@H]1C[C@]2(CN1)CC21CCC1. The summed E-state index contributed by atoms with van der Waals surface area (Å²) in [4.78, 5) is 10.8. The molecule has 0 amide bonds. The van der Waals surface area contributed by atoms with Gasteiger partial charge in [-0.2, -0.15) is 0 Å². The Bertz CT molecular complexity index is 272. The van der Waals surface area contributed by atoms with Crippen LogP contribution < -0.4 is 5.32 Å². The molecule has 0 unspecified atom stereocenters. The molecule has 2 spiro atoms. The van der Waals surface area contributed by atoms with Crippen molar-refractivity contribution in [1.82, 2.24) is 5.32 Å². The Hall–Kier alpha value is -0.570. The van der Waals surface area contributed by atoms with Gasteiger partial charge in [0.15, 0.2) is 0 Å². The monoisotopic (exact) mass is 181 g/mol. The maximum Gasteiger partial charge on any atom is 0.320 e. The van der Waals surface area contributed by atoms with Gasteiger partial charge in [0.1, 0.15) is 6.04 Å². The van der Waals surface area contributed by atoms with Crippen LogP contribution in [0.4, 0.5) is 0 Å². The summed E-state index contributed by atoms with van der Waals surface area (Å²) in [7, 11) is 0. The summed E-state index contributed by atoms with van der Waals surface area (Å²) < 4.78 is 0. The van der Waals surface area contributed by atoms with Gasteiger partial charge in [0.05, 0.1) is 0 Å². The van der Waals surface area contributed by atoms with Crippen molar-refractivity contribution in [3.63, 3.8) is 0 Å². The number of nitrogens with one attached hydrogen (secondary N) is 1. The first-order valence-corrected chi connectivity index (χ1v) is 5.14. The summed E-state index contributed by atoms with van der Waals surface area (Å²) in [5, 5.41) is 12.0. The van der Waals surface area contributed by atoms with Gasteiger partial charge in [-0.05, 0) is 36.5 Å². The topological polar surface area (TPSA) is 49.3 Å². The van der Waals surface area contributed by atoms with Gasteiger partial charge in [-0.1, -0.05) is 6.42 Å². The zero-order chi connectivity index (χ0) is 9.10. The second-order valence-corrected chi connectivity index (χ2v) is 5.07. The first kappa shape index (κ1) is 7.80. The highest BCUT2D eigenvalue weighted by molar-refractivity contribution is 5.74. The van der Waals surface area contributed by atoms with Crippen molar-refractivity contribution in [3.8, 4) is 0 Å². The van der Waals surface area contributed by atoms with E-state index >= 15 is 0 Å². The van der Waals surface area contributed by atoms with E-state index in [1.165, 1.54) is 25.7 Å². The summed E-state index contributed by atoms with van der Waals surface area (Å²) in [6.07, 6.45) is 6.22. The van der Waals surface area contributed by atoms with Crippen LogP contribution in [0, 0.1) is 10.8 Å². The molecular formula is C10H15NO2. The first-order valence-electron chi connectivity index (χ1n) is 5.14. The lowest BCUT2D eigenvalue weighted by atomic mass is 9.74. The minimum absolute atomic E-state index is 0.264. The zero-order valence-corrected chi connectivity index (χ0v) is 7.68. The van der Waals surface area contributed by atoms with E-state index in [9.17, 15) is 4.79 Å². The summed E-state index contributed by atoms with van der Waals surface area (Å²) >= 11 is 0. The highest BCUT2D eigenvalue weighted by Gasteiger charge is 2.71. The number of carboxylic acid groups (broad SMARTS) is 1. The Morgan fingerprint density at radius 3 is 2.54 bits per heavy atom. The van der Waals surface area contributed by atoms with E-state index in [1.54, 1.807) is 0 Å². The molecule has 0 bridgehead atoms. The van der Waals surface area contributed by atoms with Crippen LogP contribution in [0.1, 0.15) is 32.1 Å². The summed E-state index contributed by atoms with van der Waals surface area (Å²) in [5.41, 5.74) is 0.985. The molecule has 0 radical (unpaired) electrons. The summed E-state index contributed by atoms with van der Waals surface area (Å²) in [6.45, 7) is 0.948. The number of hydrogen-bond acceptors (Lipinski definition) is 2. The summed E-state index contributed by atoms with van der Waals surface area (Å²) in [5.74, 6) is -0.668. The van der Waals surface area contributed by atoms with Crippen molar-refractivity contribution in [1.29, 1.82) is 0 Å². The van der Waals surface area contributed by atoms with E-state index in [4.69, 9.17) is 5.11 Å². The second kappa shape index (κ2) is 2.08. The van der Waals surface area contributed by atoms with Crippen LogP contribution in [0.3, 0.4) is 0 Å². The Kier molecular flexibility index (Phi) is 1.25. The Labute approximate surface area is 77.5 Å². The maximum atomic E-state index is 10.8. The molecule has 3 aliphatic rings. The molecule has 3 heteroatoms. The number of fused-ring (bicyclic) bond motifs is 1. The van der Waals surface area contributed by atoms with Crippen LogP contribution in [-0.4, -0.2) is 23.7 Å². The minimum atomic E-state index is -0.668. The molecule has 3 fully saturated rings. The molecule has 1 saturated heterocycles. The molecule has 2 N–H and O–H groups in total. The van der Waals surface area contributed by atoms with Crippen LogP contribution in [0.5, 0.6) is 0 Å². The fourth-order valence-corrected chi connectivity index (χ4v) is 3.48. The van der Waals surface area contributed by atoms with E-state index in [0.29, 0.717) is 10.8 Å². The highest BCUT2D eigenvalue weighted by atomic mass is 16.4. The number of rotatable bonds is 1. The van der Waals surface area contributed by atoms with Crippen LogP contribution in [-0.2, 0) is 4.79 Å². The maximum absolute atomic E-state index is 10.8. The van der Waals surface area contributed by atoms with Gasteiger partial charge in [-0.25, -0.2) is 0 Å². The lowest BCUT2D eigenvalue weighted by Crippen LogP contribution is -2.30. The number of aliphatic carboxylic acids is 1. The van der Waals surface area contributed by atoms with Gasteiger partial charge in [-0.3, -0.25) is 4.79 Å². The molecule has 1 heterocycles. The number of carbonyl (C=O) groups is 1. The third kappa shape index (κ3) is 0.810. The molecule has 2 aliphatic carbocycles. The molecule has 3 rings (SSSR count). The average Bonchev–Trinajstić information content (AvgIpc) is 2.44. The van der Waals surface area contributed by atoms with E-state index in [-0.39, 0.29) is 6.04 Å². The van der Waals surface area contributed by atoms with Crippen molar-refractivity contribution >= 4 is 5.97 Å². The van der Waals surface area contributed by atoms with E-state index in [0.717, 1.165) is 13.0 Å². The van der Waals surface area contributed by atoms with Crippen LogP contribution >= 0.6 is 0 Å². The molecule has 0 aromatic rings. The van der Waals surface area contributed by atoms with Crippen LogP contribution in [0.25, 0.3) is 0 Å². The van der Waals surface area contributed by atoms with Crippen molar-refractivity contribution in [2.75, 3.05) is 6.54 Å². The average molecular weight is 181 g/mol. The van der Waals surface area contributed by atoms with Crippen LogP contribution in [0.15, 0.2) is 0 Å². The van der Waals surface area contributed by atoms with E-state index in [2.05, 4.69) is 5.32 Å². The Morgan fingerprint density at radius 1 is 1.38 bits per heavy atom. The number of hydrogen-bond donors (Lipinski definition) is 2. The van der Waals surface area contributed by atoms with Crippen molar-refractivity contribution in [2.24, 2.45) is 10.8 Å². The zero-order valence-electron chi connectivity index (χ0n) is 7.68. The molecule has 2 atom stereocenters. The molecule has 3 nitrogen and oxygen atoms in total. The number of carboxylic acids is 1. The quantitative estimate of drug-likeness (QED) is 0.634. The molecule has 13 heavy (non-hydrogen) atoms. The molecule has 0 aromatic heterocycles. The van der Waals surface area contributed by atoms with Crippen molar-refractivity contribution in [2.45, 2.75) is 38.1 Å². The highest BCUT2D eigenvalue weighted by Crippen LogP contribution is 2.76. The molecular weight excluding hydrogens is 166 g/mol. The predicted octanol–water partition coefficient (Wildman–Crippen LogP) is 0.993. The lowest BCUT2D eigenvalue weighted by molar-refractivity contribution is -0.139. The molecule has 1 aliphatic heterocycles. The van der Waals surface area contributed by atoms with Gasteiger partial charge in [0, 0.05) is 6.54 Å². The van der Waals surface area contributed by atoms with Gasteiger partial charge in [0.2, 0.25) is 0 Å². The summed E-state index contributed by atoms with van der Waals surface area (Å²) in [6, 6.07) is -0.264. The van der Waals surface area contributed by atoms with Gasteiger partial charge < -0.3 is 10.4 Å². The predicted molar refractivity (Wildman–Crippen MR) is 47.4 cm³/mol. The fraction of sp³-hybridized carbons (Fsp3) is 0.900. The van der Waals surface area contributed by atoms with Gasteiger partial charge in [-0.15, -0.1) is 0 Å². The van der Waals surface area contributed by atoms with Gasteiger partial charge in [0.25, 0.3) is 0 Å². The Balaban J connectivity index is 1.73. The third-order valence-electron chi connectivity index (χ3n) is 4.57. The smallest absolute Gasteiger partial charge is 0.320 e. The molecule has 0 aromatic carbocycles. The van der Waals surface area contributed by atoms with Crippen molar-refractivity contribution < 1.29 is 9.90 Å². The molecule has 72 valence electrons. The minimum Gasteiger partial charge on any atom is -0.480 e. The van der Waals surface area contributed by atoms with Crippen LogP contribution in [0.2, 0.25) is 0 Å². The van der Waals surface area contributed by atoms with E-state index < -0.39 is 5.97 Å². The largest absolute Gasteiger partial charge is 0.480 e. The molecule has 2 saturated carbocycles. The fourth-order valence-electron chi connectivity index (χ4n) is 3.48. The van der Waals surface area contributed by atoms with Crippen molar-refractivity contribution in [3.05, 3.63) is 0 Å². The van der Waals surface area contributed by atoms with Gasteiger partial charge >= 0.3 is 5.97 Å². The lowest BCUT2D eigenvalue weighted by Gasteiger charge is -2.30. The van der Waals surface area contributed by atoms with E-state index in [1.807, 2.05) is 0 Å². The second-order valence-electron chi connectivity index (χ2n) is 5.07.